The van der Waals surface area contributed by atoms with Gasteiger partial charge in [0.2, 0.25) is 15.9 Å². The van der Waals surface area contributed by atoms with Crippen molar-refractivity contribution in [1.29, 1.82) is 0 Å². The molecule has 3 rings (SSSR count). The number of rotatable bonds is 6. The Kier molecular flexibility index (Phi) is 6.26. The Morgan fingerprint density at radius 3 is 2.44 bits per heavy atom. The van der Waals surface area contributed by atoms with E-state index in [1.807, 2.05) is 18.2 Å². The Bertz CT molecular complexity index is 878. The van der Waals surface area contributed by atoms with Crippen molar-refractivity contribution in [3.05, 3.63) is 65.7 Å². The van der Waals surface area contributed by atoms with Crippen molar-refractivity contribution in [3.63, 3.8) is 0 Å². The van der Waals surface area contributed by atoms with Crippen LogP contribution in [0, 0.1) is 0 Å². The Hall–Kier alpha value is -2.22. The molecule has 0 saturated carbocycles. The van der Waals surface area contributed by atoms with Crippen LogP contribution in [0.4, 0.5) is 0 Å². The van der Waals surface area contributed by atoms with Crippen molar-refractivity contribution in [2.45, 2.75) is 36.7 Å². The smallest absolute Gasteiger partial charge is 0.243 e. The number of sulfonamides is 1. The van der Waals surface area contributed by atoms with E-state index in [0.717, 1.165) is 30.4 Å². The molecule has 1 aliphatic rings. The highest BCUT2D eigenvalue weighted by atomic mass is 32.2. The largest absolute Gasteiger partial charge is 0.350 e. The zero-order valence-electron chi connectivity index (χ0n) is 15.2. The lowest BCUT2D eigenvalue weighted by molar-refractivity contribution is -0.122. The summed E-state index contributed by atoms with van der Waals surface area (Å²) in [5.41, 5.74) is 7.44. The molecule has 1 fully saturated rings. The Morgan fingerprint density at radius 2 is 1.74 bits per heavy atom. The average Bonchev–Trinajstić information content (AvgIpc) is 2.73. The number of nitrogens with zero attached hydrogens (tertiary/aromatic N) is 1. The molecule has 27 heavy (non-hydrogen) atoms. The topological polar surface area (TPSA) is 92.5 Å². The fourth-order valence-electron chi connectivity index (χ4n) is 3.18. The van der Waals surface area contributed by atoms with Crippen LogP contribution < -0.4 is 11.1 Å². The predicted octanol–water partition coefficient (Wildman–Crippen LogP) is 2.18. The maximum absolute atomic E-state index is 12.8. The standard InChI is InChI=1S/C20H25N3O3S/c21-19(17-9-3-1-4-10-17)20(24)22-15-16-8-7-11-18(14-16)27(25,26)23-12-5-2-6-13-23/h1,3-4,7-11,14,19H,2,5-6,12-13,15,21H2,(H,22,24). The molecule has 1 atom stereocenters. The van der Waals surface area contributed by atoms with Crippen LogP contribution in [0.5, 0.6) is 0 Å². The Morgan fingerprint density at radius 1 is 1.04 bits per heavy atom. The monoisotopic (exact) mass is 387 g/mol. The quantitative estimate of drug-likeness (QED) is 0.795. The lowest BCUT2D eigenvalue weighted by Gasteiger charge is -2.26. The van der Waals surface area contributed by atoms with Crippen LogP contribution in [0.25, 0.3) is 0 Å². The maximum atomic E-state index is 12.8. The molecule has 1 aliphatic heterocycles. The second-order valence-corrected chi connectivity index (χ2v) is 8.66. The molecule has 0 spiro atoms. The molecule has 3 N–H and O–H groups in total. The van der Waals surface area contributed by atoms with Gasteiger partial charge in [-0.15, -0.1) is 0 Å². The number of carbonyl (C=O) groups excluding carboxylic acids is 1. The van der Waals surface area contributed by atoms with E-state index in [1.54, 1.807) is 40.7 Å². The Labute approximate surface area is 160 Å². The first-order valence-electron chi connectivity index (χ1n) is 9.16. The number of benzene rings is 2. The third kappa shape index (κ3) is 4.74. The summed E-state index contributed by atoms with van der Waals surface area (Å²) in [4.78, 5) is 12.6. The van der Waals surface area contributed by atoms with E-state index < -0.39 is 16.1 Å². The Balaban J connectivity index is 1.66. The summed E-state index contributed by atoms with van der Waals surface area (Å²) in [7, 11) is -3.49. The summed E-state index contributed by atoms with van der Waals surface area (Å²) in [5.74, 6) is -0.300. The SMILES string of the molecule is NC(C(=O)NCc1cccc(S(=O)(=O)N2CCCCC2)c1)c1ccccc1. The third-order valence-electron chi connectivity index (χ3n) is 4.76. The summed E-state index contributed by atoms with van der Waals surface area (Å²) in [6, 6.07) is 15.1. The molecule has 0 bridgehead atoms. The van der Waals surface area contributed by atoms with Gasteiger partial charge in [0.15, 0.2) is 0 Å². The van der Waals surface area contributed by atoms with Gasteiger partial charge >= 0.3 is 0 Å². The molecule has 1 heterocycles. The van der Waals surface area contributed by atoms with Gasteiger partial charge < -0.3 is 11.1 Å². The van der Waals surface area contributed by atoms with Crippen molar-refractivity contribution < 1.29 is 13.2 Å². The number of piperidine rings is 1. The van der Waals surface area contributed by atoms with Gasteiger partial charge in [-0.3, -0.25) is 4.79 Å². The molecule has 0 radical (unpaired) electrons. The minimum Gasteiger partial charge on any atom is -0.350 e. The number of nitrogens with one attached hydrogen (secondary N) is 1. The molecule has 144 valence electrons. The highest BCUT2D eigenvalue weighted by Gasteiger charge is 2.26. The minimum atomic E-state index is -3.49. The highest BCUT2D eigenvalue weighted by molar-refractivity contribution is 7.89. The van der Waals surface area contributed by atoms with Crippen LogP contribution in [0.1, 0.15) is 36.4 Å². The van der Waals surface area contributed by atoms with Gasteiger partial charge in [0.25, 0.3) is 0 Å². The van der Waals surface area contributed by atoms with E-state index >= 15 is 0 Å². The number of hydrogen-bond acceptors (Lipinski definition) is 4. The van der Waals surface area contributed by atoms with E-state index in [9.17, 15) is 13.2 Å². The number of amides is 1. The van der Waals surface area contributed by atoms with Crippen LogP contribution >= 0.6 is 0 Å². The first kappa shape index (κ1) is 19.5. The van der Waals surface area contributed by atoms with Gasteiger partial charge in [-0.05, 0) is 36.1 Å². The number of nitrogens with two attached hydrogens (primary N) is 1. The maximum Gasteiger partial charge on any atom is 0.243 e. The number of carbonyl (C=O) groups is 1. The van der Waals surface area contributed by atoms with Crippen molar-refractivity contribution in [3.8, 4) is 0 Å². The molecular formula is C20H25N3O3S. The summed E-state index contributed by atoms with van der Waals surface area (Å²) in [6.45, 7) is 1.35. The number of hydrogen-bond donors (Lipinski definition) is 2. The first-order chi connectivity index (χ1) is 13.0. The minimum absolute atomic E-state index is 0.225. The predicted molar refractivity (Wildman–Crippen MR) is 104 cm³/mol. The fourth-order valence-corrected chi connectivity index (χ4v) is 4.77. The van der Waals surface area contributed by atoms with Crippen LogP contribution in [-0.4, -0.2) is 31.7 Å². The van der Waals surface area contributed by atoms with Crippen molar-refractivity contribution >= 4 is 15.9 Å². The molecule has 2 aromatic rings. The van der Waals surface area contributed by atoms with Gasteiger partial charge in [-0.2, -0.15) is 4.31 Å². The first-order valence-corrected chi connectivity index (χ1v) is 10.6. The zero-order chi connectivity index (χ0) is 19.3. The van der Waals surface area contributed by atoms with Gasteiger partial charge in [0.1, 0.15) is 6.04 Å². The van der Waals surface area contributed by atoms with E-state index in [0.29, 0.717) is 13.1 Å². The second-order valence-electron chi connectivity index (χ2n) is 6.72. The molecule has 7 heteroatoms. The van der Waals surface area contributed by atoms with E-state index in [2.05, 4.69) is 5.32 Å². The van der Waals surface area contributed by atoms with Crippen molar-refractivity contribution in [2.24, 2.45) is 5.73 Å². The molecule has 6 nitrogen and oxygen atoms in total. The third-order valence-corrected chi connectivity index (χ3v) is 6.65. The zero-order valence-corrected chi connectivity index (χ0v) is 16.0. The van der Waals surface area contributed by atoms with Gasteiger partial charge in [-0.1, -0.05) is 48.9 Å². The molecule has 1 unspecified atom stereocenters. The van der Waals surface area contributed by atoms with E-state index in [1.165, 1.54) is 0 Å². The van der Waals surface area contributed by atoms with Gasteiger partial charge in [0, 0.05) is 19.6 Å². The average molecular weight is 388 g/mol. The second kappa shape index (κ2) is 8.65. The molecule has 2 aromatic carbocycles. The molecule has 1 saturated heterocycles. The van der Waals surface area contributed by atoms with Crippen LogP contribution in [-0.2, 0) is 21.4 Å². The van der Waals surface area contributed by atoms with Gasteiger partial charge in [0.05, 0.1) is 4.90 Å². The molecule has 0 aliphatic carbocycles. The van der Waals surface area contributed by atoms with Gasteiger partial charge in [-0.25, -0.2) is 8.42 Å². The molecule has 0 aromatic heterocycles. The van der Waals surface area contributed by atoms with Crippen LogP contribution in [0.3, 0.4) is 0 Å². The van der Waals surface area contributed by atoms with E-state index in [-0.39, 0.29) is 17.3 Å². The summed E-state index contributed by atoms with van der Waals surface area (Å²) in [5, 5.41) is 2.78. The fraction of sp³-hybridized carbons (Fsp3) is 0.350. The van der Waals surface area contributed by atoms with Crippen molar-refractivity contribution in [1.82, 2.24) is 9.62 Å². The summed E-state index contributed by atoms with van der Waals surface area (Å²) < 4.78 is 27.1. The lowest BCUT2D eigenvalue weighted by atomic mass is 10.1. The molecular weight excluding hydrogens is 362 g/mol. The summed E-state index contributed by atoms with van der Waals surface area (Å²) in [6.07, 6.45) is 2.86. The highest BCUT2D eigenvalue weighted by Crippen LogP contribution is 2.21. The van der Waals surface area contributed by atoms with Crippen LogP contribution in [0.2, 0.25) is 0 Å². The van der Waals surface area contributed by atoms with E-state index in [4.69, 9.17) is 5.73 Å². The normalized spacial score (nSPS) is 16.6. The van der Waals surface area contributed by atoms with Crippen LogP contribution in [0.15, 0.2) is 59.5 Å². The van der Waals surface area contributed by atoms with Crippen molar-refractivity contribution in [2.75, 3.05) is 13.1 Å². The summed E-state index contributed by atoms with van der Waals surface area (Å²) >= 11 is 0. The lowest BCUT2D eigenvalue weighted by Crippen LogP contribution is -2.35. The molecule has 1 amide bonds.